The minimum absolute atomic E-state index is 0.219. The summed E-state index contributed by atoms with van der Waals surface area (Å²) < 4.78 is 9.06. The van der Waals surface area contributed by atoms with E-state index in [-0.39, 0.29) is 5.56 Å². The van der Waals surface area contributed by atoms with E-state index in [0.717, 1.165) is 33.6 Å². The van der Waals surface area contributed by atoms with E-state index < -0.39 is 0 Å². The van der Waals surface area contributed by atoms with Gasteiger partial charge < -0.3 is 14.2 Å². The van der Waals surface area contributed by atoms with Gasteiger partial charge in [0.2, 0.25) is 0 Å². The molecule has 1 fully saturated rings. The summed E-state index contributed by atoms with van der Waals surface area (Å²) in [5.41, 5.74) is 1.63. The van der Waals surface area contributed by atoms with E-state index in [0.29, 0.717) is 30.1 Å². The topological polar surface area (TPSA) is 60.2 Å². The van der Waals surface area contributed by atoms with E-state index >= 15 is 0 Å². The van der Waals surface area contributed by atoms with Gasteiger partial charge in [-0.05, 0) is 22.4 Å². The molecule has 1 aliphatic heterocycles. The second-order valence-electron chi connectivity index (χ2n) is 6.68. The van der Waals surface area contributed by atoms with Crippen LogP contribution in [0.2, 0.25) is 0 Å². The molecule has 6 nitrogen and oxygen atoms in total. The molecule has 4 aromatic rings. The van der Waals surface area contributed by atoms with Gasteiger partial charge >= 0.3 is 0 Å². The number of anilines is 1. The summed E-state index contributed by atoms with van der Waals surface area (Å²) in [6, 6.07) is 12.4. The molecule has 2 aromatic carbocycles. The van der Waals surface area contributed by atoms with Gasteiger partial charge in [-0.25, -0.2) is 4.98 Å². The van der Waals surface area contributed by atoms with Crippen molar-refractivity contribution in [3.8, 4) is 0 Å². The summed E-state index contributed by atoms with van der Waals surface area (Å²) in [5.74, 6) is 0. The molecule has 0 unspecified atom stereocenters. The van der Waals surface area contributed by atoms with Gasteiger partial charge in [-0.2, -0.15) is 4.98 Å². The first-order valence-electron chi connectivity index (χ1n) is 9.05. The number of hydrogen-bond donors (Lipinski definition) is 0. The second kappa shape index (κ2) is 7.27. The molecular weight excluding hydrogens is 440 g/mol. The smallest absolute Gasteiger partial charge is 0.292 e. The number of benzene rings is 2. The molecule has 0 radical (unpaired) electrons. The maximum Gasteiger partial charge on any atom is 0.292 e. The van der Waals surface area contributed by atoms with Gasteiger partial charge in [-0.1, -0.05) is 57.6 Å². The molecule has 28 heavy (non-hydrogen) atoms. The van der Waals surface area contributed by atoms with E-state index in [4.69, 9.17) is 9.72 Å². The Balaban J connectivity index is 1.60. The highest BCUT2D eigenvalue weighted by atomic mass is 79.9. The highest BCUT2D eigenvalue weighted by Gasteiger charge is 2.19. The van der Waals surface area contributed by atoms with Crippen molar-refractivity contribution in [3.05, 3.63) is 63.1 Å². The number of hydrogen-bond acceptors (Lipinski definition) is 6. The van der Waals surface area contributed by atoms with Crippen molar-refractivity contribution in [1.29, 1.82) is 0 Å². The Kier molecular flexibility index (Phi) is 4.62. The third-order valence-electron chi connectivity index (χ3n) is 4.96. The van der Waals surface area contributed by atoms with Crippen molar-refractivity contribution in [2.45, 2.75) is 6.54 Å². The zero-order chi connectivity index (χ0) is 19.1. The number of morpholine rings is 1. The summed E-state index contributed by atoms with van der Waals surface area (Å²) >= 11 is 5.04. The molecule has 3 heterocycles. The Hall–Kier alpha value is -2.29. The monoisotopic (exact) mass is 456 g/mol. The average Bonchev–Trinajstić information content (AvgIpc) is 3.19. The van der Waals surface area contributed by atoms with Crippen molar-refractivity contribution < 1.29 is 4.74 Å². The minimum Gasteiger partial charge on any atom is -0.378 e. The number of ether oxygens (including phenoxy) is 1. The Morgan fingerprint density at radius 3 is 2.71 bits per heavy atom. The Bertz CT molecular complexity index is 1230. The van der Waals surface area contributed by atoms with E-state index in [9.17, 15) is 4.79 Å². The lowest BCUT2D eigenvalue weighted by Crippen LogP contribution is -2.36. The zero-order valence-electron chi connectivity index (χ0n) is 15.0. The first-order valence-corrected chi connectivity index (χ1v) is 10.7. The van der Waals surface area contributed by atoms with E-state index in [1.165, 1.54) is 16.7 Å². The fourth-order valence-electron chi connectivity index (χ4n) is 3.52. The molecule has 0 bridgehead atoms. The minimum atomic E-state index is -0.219. The van der Waals surface area contributed by atoms with Crippen LogP contribution in [0.15, 0.2) is 52.0 Å². The van der Waals surface area contributed by atoms with E-state index in [1.54, 1.807) is 6.33 Å². The van der Waals surface area contributed by atoms with Crippen molar-refractivity contribution in [2.24, 2.45) is 0 Å². The fourth-order valence-corrected chi connectivity index (χ4v) is 5.02. The van der Waals surface area contributed by atoms with Crippen LogP contribution in [0.1, 0.15) is 5.56 Å². The van der Waals surface area contributed by atoms with E-state index in [2.05, 4.69) is 50.1 Å². The predicted molar refractivity (Wildman–Crippen MR) is 115 cm³/mol. The molecule has 0 saturated carbocycles. The first kappa shape index (κ1) is 17.8. The third kappa shape index (κ3) is 3.11. The molecule has 5 rings (SSSR count). The van der Waals surface area contributed by atoms with Gasteiger partial charge in [-0.3, -0.25) is 4.79 Å². The Labute approximate surface area is 173 Å². The van der Waals surface area contributed by atoms with Crippen LogP contribution in [0.5, 0.6) is 0 Å². The predicted octanol–water partition coefficient (Wildman–Crippen LogP) is 3.65. The summed E-state index contributed by atoms with van der Waals surface area (Å²) in [6.07, 6.45) is 1.60. The standard InChI is InChI=1S/C20H17BrN4O2S/c21-16-6-5-13(14-3-1-2-4-15(14)16)11-25-12-22-19(26)17-18(25)23-20(28-17)24-7-9-27-10-8-24/h1-6,12H,7-11H2. The highest BCUT2D eigenvalue weighted by molar-refractivity contribution is 9.10. The van der Waals surface area contributed by atoms with Gasteiger partial charge in [-0.15, -0.1) is 0 Å². The molecular formula is C20H17BrN4O2S. The summed E-state index contributed by atoms with van der Waals surface area (Å²) in [4.78, 5) is 23.4. The molecule has 0 atom stereocenters. The average molecular weight is 457 g/mol. The third-order valence-corrected chi connectivity index (χ3v) is 6.75. The van der Waals surface area contributed by atoms with Gasteiger partial charge in [0.15, 0.2) is 10.8 Å². The molecule has 1 aliphatic rings. The molecule has 0 aliphatic carbocycles. The van der Waals surface area contributed by atoms with Gasteiger partial charge in [0.1, 0.15) is 11.0 Å². The number of aromatic nitrogens is 3. The van der Waals surface area contributed by atoms with Crippen LogP contribution >= 0.6 is 27.3 Å². The van der Waals surface area contributed by atoms with Crippen LogP contribution in [0, 0.1) is 0 Å². The van der Waals surface area contributed by atoms with E-state index in [1.807, 2.05) is 16.7 Å². The number of nitrogens with zero attached hydrogens (tertiary/aromatic N) is 4. The van der Waals surface area contributed by atoms with Crippen LogP contribution in [0.4, 0.5) is 5.13 Å². The fraction of sp³-hybridized carbons (Fsp3) is 0.250. The van der Waals surface area contributed by atoms with Crippen LogP contribution < -0.4 is 10.5 Å². The van der Waals surface area contributed by atoms with Gasteiger partial charge in [0.05, 0.1) is 19.8 Å². The number of rotatable bonds is 3. The SMILES string of the molecule is O=c1ncn(Cc2ccc(Br)c3ccccc23)c2nc(N3CCOCC3)sc12. The molecule has 142 valence electrons. The maximum atomic E-state index is 12.3. The number of fused-ring (bicyclic) bond motifs is 2. The Morgan fingerprint density at radius 1 is 1.11 bits per heavy atom. The number of thiazole rings is 1. The van der Waals surface area contributed by atoms with Crippen LogP contribution in [0.25, 0.3) is 21.1 Å². The molecule has 1 saturated heterocycles. The number of halogens is 1. The lowest BCUT2D eigenvalue weighted by atomic mass is 10.0. The van der Waals surface area contributed by atoms with Crippen molar-refractivity contribution >= 4 is 53.5 Å². The second-order valence-corrected chi connectivity index (χ2v) is 8.51. The molecule has 0 spiro atoms. The lowest BCUT2D eigenvalue weighted by molar-refractivity contribution is 0.122. The quantitative estimate of drug-likeness (QED) is 0.470. The summed E-state index contributed by atoms with van der Waals surface area (Å²) in [7, 11) is 0. The summed E-state index contributed by atoms with van der Waals surface area (Å²) in [6.45, 7) is 3.55. The van der Waals surface area contributed by atoms with Gasteiger partial charge in [0.25, 0.3) is 5.56 Å². The largest absolute Gasteiger partial charge is 0.378 e. The highest BCUT2D eigenvalue weighted by Crippen LogP contribution is 2.30. The molecule has 0 amide bonds. The normalized spacial score (nSPS) is 14.8. The maximum absolute atomic E-state index is 12.3. The lowest BCUT2D eigenvalue weighted by Gasteiger charge is -2.25. The molecule has 8 heteroatoms. The van der Waals surface area contributed by atoms with Gasteiger partial charge in [0, 0.05) is 17.6 Å². The zero-order valence-corrected chi connectivity index (χ0v) is 17.4. The molecule has 0 N–H and O–H groups in total. The van der Waals surface area contributed by atoms with Crippen LogP contribution in [0.3, 0.4) is 0 Å². The molecule has 2 aromatic heterocycles. The first-order chi connectivity index (χ1) is 13.7. The summed E-state index contributed by atoms with van der Waals surface area (Å²) in [5, 5.41) is 3.20. The Morgan fingerprint density at radius 2 is 1.89 bits per heavy atom. The van der Waals surface area contributed by atoms with Crippen LogP contribution in [-0.4, -0.2) is 40.8 Å². The van der Waals surface area contributed by atoms with Crippen LogP contribution in [-0.2, 0) is 11.3 Å². The van der Waals surface area contributed by atoms with Crippen molar-refractivity contribution in [2.75, 3.05) is 31.2 Å². The van der Waals surface area contributed by atoms with Crippen molar-refractivity contribution in [1.82, 2.24) is 14.5 Å². The van der Waals surface area contributed by atoms with Crippen molar-refractivity contribution in [3.63, 3.8) is 0 Å².